The Bertz CT molecular complexity index is 744. The summed E-state index contributed by atoms with van der Waals surface area (Å²) in [6.07, 6.45) is 29.6. The van der Waals surface area contributed by atoms with Crippen molar-refractivity contribution in [2.45, 2.75) is 165 Å². The predicted octanol–water partition coefficient (Wildman–Crippen LogP) is 11.3. The van der Waals surface area contributed by atoms with E-state index in [0.717, 1.165) is 57.7 Å². The van der Waals surface area contributed by atoms with E-state index in [4.69, 9.17) is 0 Å². The molecule has 0 saturated heterocycles. The van der Waals surface area contributed by atoms with Crippen molar-refractivity contribution >= 4 is 15.8 Å². The first kappa shape index (κ1) is 27.7. The summed E-state index contributed by atoms with van der Waals surface area (Å²) in [5.41, 5.74) is 0. The van der Waals surface area contributed by atoms with Gasteiger partial charge in [-0.25, -0.2) is 0 Å². The molecule has 9 aliphatic rings. The van der Waals surface area contributed by atoms with Crippen LogP contribution in [0, 0.1) is 47.3 Å². The van der Waals surface area contributed by atoms with E-state index in [9.17, 15) is 0 Å². The average Bonchev–Trinajstić information content (AvgIpc) is 3.21. The minimum absolute atomic E-state index is 0.0540. The molecule has 216 valence electrons. The monoisotopic (exact) mass is 556 g/mol. The van der Waals surface area contributed by atoms with Crippen LogP contribution in [0.2, 0.25) is 0 Å². The molecule has 0 aliphatic heterocycles. The van der Waals surface area contributed by atoms with Crippen LogP contribution >= 0.6 is 15.8 Å². The Morgan fingerprint density at radius 3 is 1.29 bits per heavy atom. The molecule has 9 saturated carbocycles. The molecule has 2 unspecified atom stereocenters. The quantitative estimate of drug-likeness (QED) is 0.274. The molecule has 0 heterocycles. The van der Waals surface area contributed by atoms with E-state index in [1.807, 2.05) is 0 Å². The fourth-order valence-electron chi connectivity index (χ4n) is 13.6. The Balaban J connectivity index is 1.14. The van der Waals surface area contributed by atoms with Crippen LogP contribution in [-0.2, 0) is 0 Å². The molecular weight excluding hydrogens is 494 g/mol. The molecule has 0 N–H and O–H groups in total. The van der Waals surface area contributed by atoms with Gasteiger partial charge in [0.1, 0.15) is 0 Å². The van der Waals surface area contributed by atoms with Gasteiger partial charge in [0, 0.05) is 0 Å². The molecule has 0 radical (unpaired) electrons. The predicted molar refractivity (Wildman–Crippen MR) is 170 cm³/mol. The van der Waals surface area contributed by atoms with Crippen LogP contribution in [0.3, 0.4) is 0 Å². The molecular formula is C36H62P2. The summed E-state index contributed by atoms with van der Waals surface area (Å²) in [7, 11) is 0.250. The first-order chi connectivity index (χ1) is 17.9. The van der Waals surface area contributed by atoms with Crippen LogP contribution in [0.25, 0.3) is 0 Å². The first-order valence-electron chi connectivity index (χ1n) is 17.5. The molecule has 9 fully saturated rings. The van der Waals surface area contributed by atoms with E-state index in [-0.39, 0.29) is 15.8 Å². The maximum Gasteiger partial charge on any atom is -0.00815 e. The van der Waals surface area contributed by atoms with E-state index in [0.29, 0.717) is 10.3 Å². The number of hydrogen-bond donors (Lipinski definition) is 0. The maximum atomic E-state index is 2.56. The van der Waals surface area contributed by atoms with Gasteiger partial charge in [-0.15, -0.1) is 0 Å². The maximum absolute atomic E-state index is 2.56. The zero-order valence-corrected chi connectivity index (χ0v) is 28.0. The van der Waals surface area contributed by atoms with E-state index in [2.05, 4.69) is 41.5 Å². The van der Waals surface area contributed by atoms with Crippen molar-refractivity contribution in [3.63, 3.8) is 0 Å². The summed E-state index contributed by atoms with van der Waals surface area (Å²) in [6, 6.07) is 0. The minimum Gasteiger partial charge on any atom is -0.0954 e. The Labute approximate surface area is 239 Å². The lowest BCUT2D eigenvalue weighted by atomic mass is 9.55. The van der Waals surface area contributed by atoms with Crippen LogP contribution in [0.4, 0.5) is 0 Å². The summed E-state index contributed by atoms with van der Waals surface area (Å²) in [6.45, 7) is 15.4. The van der Waals surface area contributed by atoms with Crippen molar-refractivity contribution in [3.8, 4) is 0 Å². The second kappa shape index (κ2) is 9.69. The third-order valence-electron chi connectivity index (χ3n) is 13.7. The Morgan fingerprint density at radius 2 is 0.921 bits per heavy atom. The van der Waals surface area contributed by atoms with Crippen molar-refractivity contribution in [3.05, 3.63) is 0 Å². The standard InChI is InChI=1S/C36H62P2/c1-33(2,3)38(34(4,5)6)24-32-9-7-8-31(32)10-11-37(35-18-25-12-26(19-35)14-27(13-25)20-35)36-21-28-15-29(22-36)17-30(16-28)23-36/h25-32H,7-24H2,1-6H3. The molecule has 38 heavy (non-hydrogen) atoms. The van der Waals surface area contributed by atoms with Gasteiger partial charge in [-0.05, 0) is 170 Å². The van der Waals surface area contributed by atoms with Crippen molar-refractivity contribution in [2.75, 3.05) is 12.3 Å². The highest BCUT2D eigenvalue weighted by Crippen LogP contribution is 2.79. The van der Waals surface area contributed by atoms with E-state index < -0.39 is 0 Å². The molecule has 0 aromatic carbocycles. The molecule has 8 bridgehead atoms. The lowest BCUT2D eigenvalue weighted by Crippen LogP contribution is -2.57. The zero-order chi connectivity index (χ0) is 26.5. The largest absolute Gasteiger partial charge is 0.0954 e. The van der Waals surface area contributed by atoms with Crippen molar-refractivity contribution < 1.29 is 0 Å². The highest BCUT2D eigenvalue weighted by molar-refractivity contribution is 7.61. The highest BCUT2D eigenvalue weighted by Gasteiger charge is 2.62. The molecule has 2 atom stereocenters. The Morgan fingerprint density at radius 1 is 0.553 bits per heavy atom. The molecule has 9 rings (SSSR count). The fraction of sp³-hybridized carbons (Fsp3) is 1.00. The smallest absolute Gasteiger partial charge is 0.00815 e. The molecule has 2 heteroatoms. The fourth-order valence-corrected chi connectivity index (χ4v) is 23.1. The third-order valence-corrected chi connectivity index (χ3v) is 21.9. The molecule has 9 aliphatic carbocycles. The van der Waals surface area contributed by atoms with E-state index >= 15 is 0 Å². The van der Waals surface area contributed by atoms with Gasteiger partial charge in [0.25, 0.3) is 0 Å². The second-order valence-electron chi connectivity index (χ2n) is 18.6. The lowest BCUT2D eigenvalue weighted by Gasteiger charge is -2.67. The van der Waals surface area contributed by atoms with Crippen LogP contribution in [0.1, 0.15) is 144 Å². The van der Waals surface area contributed by atoms with Crippen LogP contribution < -0.4 is 0 Å². The Kier molecular flexibility index (Phi) is 7.06. The molecule has 0 nitrogen and oxygen atoms in total. The van der Waals surface area contributed by atoms with Gasteiger partial charge < -0.3 is 0 Å². The van der Waals surface area contributed by atoms with Crippen LogP contribution in [0.15, 0.2) is 0 Å². The summed E-state index contributed by atoms with van der Waals surface area (Å²) in [5.74, 6) is 8.95. The van der Waals surface area contributed by atoms with Crippen molar-refractivity contribution in [1.29, 1.82) is 0 Å². The topological polar surface area (TPSA) is 0 Å². The minimum atomic E-state index is 0.0540. The normalized spacial score (nSPS) is 48.4. The van der Waals surface area contributed by atoms with Crippen molar-refractivity contribution in [2.24, 2.45) is 47.3 Å². The molecule has 0 aromatic rings. The van der Waals surface area contributed by atoms with E-state index in [1.54, 1.807) is 115 Å². The van der Waals surface area contributed by atoms with Crippen LogP contribution in [-0.4, -0.2) is 32.9 Å². The zero-order valence-electron chi connectivity index (χ0n) is 26.2. The van der Waals surface area contributed by atoms with Gasteiger partial charge >= 0.3 is 0 Å². The van der Waals surface area contributed by atoms with Crippen molar-refractivity contribution in [1.82, 2.24) is 0 Å². The van der Waals surface area contributed by atoms with Crippen LogP contribution in [0.5, 0.6) is 0 Å². The number of hydrogen-bond acceptors (Lipinski definition) is 0. The second-order valence-corrected chi connectivity index (χ2v) is 25.7. The summed E-state index contributed by atoms with van der Waals surface area (Å²) in [5, 5.41) is 2.66. The summed E-state index contributed by atoms with van der Waals surface area (Å²) < 4.78 is 0. The molecule has 0 spiro atoms. The number of rotatable bonds is 7. The van der Waals surface area contributed by atoms with E-state index in [1.165, 1.54) is 0 Å². The average molecular weight is 557 g/mol. The third kappa shape index (κ3) is 4.95. The molecule has 0 amide bonds. The van der Waals surface area contributed by atoms with Gasteiger partial charge in [0.15, 0.2) is 0 Å². The van der Waals surface area contributed by atoms with Gasteiger partial charge in [-0.3, -0.25) is 0 Å². The molecule has 0 aromatic heterocycles. The van der Waals surface area contributed by atoms with Gasteiger partial charge in [0.05, 0.1) is 0 Å². The lowest BCUT2D eigenvalue weighted by molar-refractivity contribution is 0.0184. The first-order valence-corrected chi connectivity index (χ1v) is 20.5. The van der Waals surface area contributed by atoms with Gasteiger partial charge in [0.2, 0.25) is 0 Å². The summed E-state index contributed by atoms with van der Waals surface area (Å²) in [4.78, 5) is 0. The Hall–Kier alpha value is 0.860. The highest BCUT2D eigenvalue weighted by atomic mass is 31.1. The SMILES string of the molecule is CC(C)(C)P(CC1CCCC1CCP(C12CC3CC(CC(C3)C1)C2)C12CC3CC(CC(C3)C1)C2)C(C)(C)C. The van der Waals surface area contributed by atoms with Gasteiger partial charge in [-0.2, -0.15) is 0 Å². The van der Waals surface area contributed by atoms with Gasteiger partial charge in [-0.1, -0.05) is 70.2 Å². The summed E-state index contributed by atoms with van der Waals surface area (Å²) >= 11 is 0.